The highest BCUT2D eigenvalue weighted by molar-refractivity contribution is 5.79. The van der Waals surface area contributed by atoms with E-state index in [2.05, 4.69) is 4.98 Å². The quantitative estimate of drug-likeness (QED) is 0.494. The molecule has 0 saturated heterocycles. The van der Waals surface area contributed by atoms with Gasteiger partial charge in [-0.3, -0.25) is 0 Å². The average molecular weight is 391 g/mol. The van der Waals surface area contributed by atoms with Gasteiger partial charge in [0, 0.05) is 24.5 Å². The van der Waals surface area contributed by atoms with E-state index in [1.54, 1.807) is 0 Å². The molecule has 0 radical (unpaired) electrons. The highest BCUT2D eigenvalue weighted by Crippen LogP contribution is 2.26. The van der Waals surface area contributed by atoms with Crippen molar-refractivity contribution in [2.75, 3.05) is 7.11 Å². The van der Waals surface area contributed by atoms with E-state index in [-0.39, 0.29) is 0 Å². The topological polar surface area (TPSA) is 85.7 Å². The molecule has 0 amide bonds. The maximum atomic E-state index is 11.2. The third-order valence-corrected chi connectivity index (χ3v) is 4.87. The number of ether oxygens (including phenoxy) is 1. The Morgan fingerprint density at radius 2 is 1.93 bits per heavy atom. The number of methoxy groups -OCH3 is 1. The summed E-state index contributed by atoms with van der Waals surface area (Å²) in [7, 11) is 1.40. The molecule has 2 aromatic carbocycles. The Morgan fingerprint density at radius 1 is 1.14 bits per heavy atom. The lowest BCUT2D eigenvalue weighted by Crippen LogP contribution is -2.24. The molecule has 0 aliphatic heterocycles. The van der Waals surface area contributed by atoms with Gasteiger partial charge in [0.1, 0.15) is 17.1 Å². The number of furan rings is 1. The summed E-state index contributed by atoms with van der Waals surface area (Å²) in [4.78, 5) is 15.8. The van der Waals surface area contributed by atoms with E-state index >= 15 is 0 Å². The first kappa shape index (κ1) is 19.0. The highest BCUT2D eigenvalue weighted by Gasteiger charge is 2.18. The minimum atomic E-state index is -0.976. The number of aliphatic carboxylic acids is 1. The van der Waals surface area contributed by atoms with Gasteiger partial charge in [-0.05, 0) is 42.8 Å². The van der Waals surface area contributed by atoms with Crippen LogP contribution in [0.5, 0.6) is 0 Å². The summed E-state index contributed by atoms with van der Waals surface area (Å²) >= 11 is 0. The summed E-state index contributed by atoms with van der Waals surface area (Å²) < 4.78 is 16.8. The number of hydrogen-bond acceptors (Lipinski definition) is 5. The van der Waals surface area contributed by atoms with Gasteiger partial charge < -0.3 is 18.7 Å². The lowest BCUT2D eigenvalue weighted by Gasteiger charge is -2.09. The molecule has 0 aliphatic rings. The highest BCUT2D eigenvalue weighted by atomic mass is 16.5. The normalized spacial score (nSPS) is 12.3. The Balaban J connectivity index is 1.56. The molecule has 6 heteroatoms. The molecule has 0 bridgehead atoms. The van der Waals surface area contributed by atoms with Crippen LogP contribution in [0.2, 0.25) is 0 Å². The number of fused-ring (bicyclic) bond motifs is 1. The maximum Gasteiger partial charge on any atom is 0.333 e. The Kier molecular flexibility index (Phi) is 5.18. The van der Waals surface area contributed by atoms with E-state index in [0.29, 0.717) is 18.7 Å². The van der Waals surface area contributed by atoms with E-state index in [4.69, 9.17) is 18.7 Å². The minimum Gasteiger partial charge on any atom is -0.479 e. The first-order valence-electron chi connectivity index (χ1n) is 9.32. The van der Waals surface area contributed by atoms with E-state index in [1.165, 1.54) is 7.11 Å². The Morgan fingerprint density at radius 3 is 2.66 bits per heavy atom. The number of carboxylic acids is 1. The number of oxazole rings is 1. The van der Waals surface area contributed by atoms with Crippen molar-refractivity contribution in [3.05, 3.63) is 77.4 Å². The molecule has 4 rings (SSSR count). The van der Waals surface area contributed by atoms with Crippen LogP contribution in [0, 0.1) is 6.92 Å². The van der Waals surface area contributed by atoms with Gasteiger partial charge >= 0.3 is 5.97 Å². The zero-order valence-electron chi connectivity index (χ0n) is 16.2. The first-order valence-corrected chi connectivity index (χ1v) is 9.32. The van der Waals surface area contributed by atoms with Gasteiger partial charge in [-0.15, -0.1) is 0 Å². The second kappa shape index (κ2) is 7.93. The standard InChI is InChI=1S/C23H21NO5/c1-14-19(24-22(28-14)16-6-4-3-5-7-16)13-18-12-17-10-15(8-9-20(17)29-18)11-21(27-2)23(25)26/h3-10,12,21H,11,13H2,1-2H3,(H,25,26). The van der Waals surface area contributed by atoms with Crippen LogP contribution in [0.15, 0.2) is 63.4 Å². The van der Waals surface area contributed by atoms with Gasteiger partial charge in [0.15, 0.2) is 6.10 Å². The zero-order chi connectivity index (χ0) is 20.4. The van der Waals surface area contributed by atoms with Crippen molar-refractivity contribution < 1.29 is 23.5 Å². The summed E-state index contributed by atoms with van der Waals surface area (Å²) in [5, 5.41) is 10.1. The van der Waals surface area contributed by atoms with Crippen LogP contribution in [-0.4, -0.2) is 29.3 Å². The fraction of sp³-hybridized carbons (Fsp3) is 0.217. The summed E-state index contributed by atoms with van der Waals surface area (Å²) in [6.07, 6.45) is -0.0550. The van der Waals surface area contributed by atoms with Crippen molar-refractivity contribution >= 4 is 16.9 Å². The monoisotopic (exact) mass is 391 g/mol. The molecule has 1 N–H and O–H groups in total. The molecule has 0 fully saturated rings. The molecule has 6 nitrogen and oxygen atoms in total. The van der Waals surface area contributed by atoms with Crippen molar-refractivity contribution in [2.45, 2.75) is 25.9 Å². The van der Waals surface area contributed by atoms with Gasteiger partial charge in [-0.1, -0.05) is 24.3 Å². The average Bonchev–Trinajstić information content (AvgIpc) is 3.29. The van der Waals surface area contributed by atoms with Gasteiger partial charge in [-0.25, -0.2) is 9.78 Å². The maximum absolute atomic E-state index is 11.2. The number of hydrogen-bond donors (Lipinski definition) is 1. The molecule has 2 heterocycles. The SMILES string of the molecule is COC(Cc1ccc2oc(Cc3nc(-c4ccccc4)oc3C)cc2c1)C(=O)O. The molecule has 148 valence electrons. The number of nitrogens with zero attached hydrogens (tertiary/aromatic N) is 1. The molecule has 1 atom stereocenters. The Labute approximate surface area is 167 Å². The number of carbonyl (C=O) groups is 1. The van der Waals surface area contributed by atoms with Crippen molar-refractivity contribution in [1.82, 2.24) is 4.98 Å². The van der Waals surface area contributed by atoms with Gasteiger partial charge in [0.2, 0.25) is 5.89 Å². The molecule has 0 aliphatic carbocycles. The number of benzene rings is 2. The minimum absolute atomic E-state index is 0.297. The van der Waals surface area contributed by atoms with E-state index < -0.39 is 12.1 Å². The Hall–Kier alpha value is -3.38. The number of aromatic nitrogens is 1. The molecule has 0 saturated carbocycles. The van der Waals surface area contributed by atoms with Crippen molar-refractivity contribution in [3.63, 3.8) is 0 Å². The van der Waals surface area contributed by atoms with Crippen LogP contribution in [-0.2, 0) is 22.4 Å². The summed E-state index contributed by atoms with van der Waals surface area (Å²) in [5.41, 5.74) is 3.39. The number of carboxylic acid groups (broad SMARTS) is 1. The van der Waals surface area contributed by atoms with Crippen molar-refractivity contribution in [3.8, 4) is 11.5 Å². The molecule has 0 spiro atoms. The summed E-state index contributed by atoms with van der Waals surface area (Å²) in [6, 6.07) is 17.4. The van der Waals surface area contributed by atoms with Crippen LogP contribution in [0.1, 0.15) is 22.8 Å². The van der Waals surface area contributed by atoms with Crippen molar-refractivity contribution in [2.24, 2.45) is 0 Å². The number of aryl methyl sites for hydroxylation is 1. The fourth-order valence-electron chi connectivity index (χ4n) is 3.31. The second-order valence-electron chi connectivity index (χ2n) is 6.92. The molecular weight excluding hydrogens is 370 g/mol. The van der Waals surface area contributed by atoms with Crippen LogP contribution in [0.3, 0.4) is 0 Å². The third kappa shape index (κ3) is 4.07. The van der Waals surface area contributed by atoms with E-state index in [0.717, 1.165) is 39.3 Å². The second-order valence-corrected chi connectivity index (χ2v) is 6.92. The first-order chi connectivity index (χ1) is 14.0. The van der Waals surface area contributed by atoms with Crippen LogP contribution in [0.4, 0.5) is 0 Å². The molecule has 29 heavy (non-hydrogen) atoms. The lowest BCUT2D eigenvalue weighted by atomic mass is 10.1. The van der Waals surface area contributed by atoms with Crippen LogP contribution < -0.4 is 0 Å². The lowest BCUT2D eigenvalue weighted by molar-refractivity contribution is -0.148. The van der Waals surface area contributed by atoms with Gasteiger partial charge in [-0.2, -0.15) is 0 Å². The van der Waals surface area contributed by atoms with Gasteiger partial charge in [0.05, 0.1) is 12.1 Å². The fourth-order valence-corrected chi connectivity index (χ4v) is 3.31. The molecule has 1 unspecified atom stereocenters. The van der Waals surface area contributed by atoms with Crippen LogP contribution in [0.25, 0.3) is 22.4 Å². The predicted molar refractivity (Wildman–Crippen MR) is 108 cm³/mol. The van der Waals surface area contributed by atoms with Crippen LogP contribution >= 0.6 is 0 Å². The smallest absolute Gasteiger partial charge is 0.333 e. The summed E-state index contributed by atoms with van der Waals surface area (Å²) in [5.74, 6) is 1.15. The largest absolute Gasteiger partial charge is 0.479 e. The van der Waals surface area contributed by atoms with E-state index in [1.807, 2.05) is 61.5 Å². The molecule has 2 aromatic heterocycles. The Bertz CT molecular complexity index is 1140. The van der Waals surface area contributed by atoms with Crippen molar-refractivity contribution in [1.29, 1.82) is 0 Å². The molecule has 4 aromatic rings. The zero-order valence-corrected chi connectivity index (χ0v) is 16.2. The third-order valence-electron chi connectivity index (χ3n) is 4.87. The summed E-state index contributed by atoms with van der Waals surface area (Å²) in [6.45, 7) is 1.90. The molecular formula is C23H21NO5. The van der Waals surface area contributed by atoms with Gasteiger partial charge in [0.25, 0.3) is 0 Å². The van der Waals surface area contributed by atoms with E-state index in [9.17, 15) is 4.79 Å². The predicted octanol–water partition coefficient (Wildman–Crippen LogP) is 4.63. The number of rotatable bonds is 7.